The summed E-state index contributed by atoms with van der Waals surface area (Å²) in [4.78, 5) is 23.5. The maximum atomic E-state index is 11.9. The second-order valence-electron chi connectivity index (χ2n) is 5.96. The fraction of sp³-hybridized carbons (Fsp3) is 0.857. The van der Waals surface area contributed by atoms with Crippen molar-refractivity contribution in [3.8, 4) is 0 Å². The Morgan fingerprint density at radius 1 is 1.35 bits per heavy atom. The summed E-state index contributed by atoms with van der Waals surface area (Å²) in [5.74, 6) is 0.527. The molecular weight excluding hydrogens is 260 g/mol. The summed E-state index contributed by atoms with van der Waals surface area (Å²) in [5.41, 5.74) is -0.551. The Bertz CT molecular complexity index is 366. The molecule has 1 aliphatic heterocycles. The van der Waals surface area contributed by atoms with Gasteiger partial charge in [0, 0.05) is 32.1 Å². The molecule has 20 heavy (non-hydrogen) atoms. The number of aliphatic hydroxyl groups is 1. The summed E-state index contributed by atoms with van der Waals surface area (Å²) in [7, 11) is 0. The Kier molecular flexibility index (Phi) is 4.99. The normalized spacial score (nSPS) is 27.7. The highest BCUT2D eigenvalue weighted by molar-refractivity contribution is 5.82. The van der Waals surface area contributed by atoms with Crippen molar-refractivity contribution in [2.45, 2.75) is 38.1 Å². The van der Waals surface area contributed by atoms with Gasteiger partial charge in [0.05, 0.1) is 12.1 Å². The van der Waals surface area contributed by atoms with Crippen LogP contribution in [0.25, 0.3) is 0 Å². The van der Waals surface area contributed by atoms with Gasteiger partial charge in [-0.15, -0.1) is 0 Å². The summed E-state index contributed by atoms with van der Waals surface area (Å²) >= 11 is 0. The molecule has 1 heterocycles. The zero-order valence-electron chi connectivity index (χ0n) is 12.0. The summed E-state index contributed by atoms with van der Waals surface area (Å²) in [5, 5.41) is 15.2. The summed E-state index contributed by atoms with van der Waals surface area (Å²) in [6.45, 7) is 3.43. The molecule has 0 spiro atoms. The second-order valence-corrected chi connectivity index (χ2v) is 5.96. The number of ether oxygens (including phenoxy) is 1. The van der Waals surface area contributed by atoms with Crippen LogP contribution >= 0.6 is 0 Å². The molecule has 2 amide bonds. The van der Waals surface area contributed by atoms with Crippen LogP contribution in [0.1, 0.15) is 32.6 Å². The topological polar surface area (TPSA) is 87.7 Å². The van der Waals surface area contributed by atoms with Gasteiger partial charge in [-0.2, -0.15) is 0 Å². The third-order valence-electron chi connectivity index (χ3n) is 4.25. The monoisotopic (exact) mass is 284 g/mol. The molecule has 1 aliphatic carbocycles. The van der Waals surface area contributed by atoms with E-state index in [2.05, 4.69) is 10.6 Å². The van der Waals surface area contributed by atoms with Crippen LogP contribution < -0.4 is 10.6 Å². The molecule has 0 aromatic carbocycles. The van der Waals surface area contributed by atoms with Crippen molar-refractivity contribution >= 4 is 11.8 Å². The van der Waals surface area contributed by atoms with Gasteiger partial charge >= 0.3 is 0 Å². The number of carbonyl (C=O) groups excluding carboxylic acids is 2. The molecule has 6 heteroatoms. The molecule has 114 valence electrons. The van der Waals surface area contributed by atoms with Gasteiger partial charge in [0.1, 0.15) is 0 Å². The molecule has 2 aliphatic rings. The van der Waals surface area contributed by atoms with Gasteiger partial charge in [0.15, 0.2) is 0 Å². The first-order valence-electron chi connectivity index (χ1n) is 7.34. The highest BCUT2D eigenvalue weighted by Crippen LogP contribution is 2.37. The number of amides is 2. The van der Waals surface area contributed by atoms with Crippen molar-refractivity contribution in [2.24, 2.45) is 11.8 Å². The summed E-state index contributed by atoms with van der Waals surface area (Å²) < 4.78 is 5.24. The maximum Gasteiger partial charge on any atom is 0.223 e. The van der Waals surface area contributed by atoms with E-state index in [4.69, 9.17) is 4.74 Å². The minimum atomic E-state index is -0.551. The molecule has 2 unspecified atom stereocenters. The third kappa shape index (κ3) is 3.93. The lowest BCUT2D eigenvalue weighted by Gasteiger charge is -2.36. The van der Waals surface area contributed by atoms with Crippen LogP contribution in [-0.4, -0.2) is 48.8 Å². The predicted molar refractivity (Wildman–Crippen MR) is 72.9 cm³/mol. The molecule has 2 fully saturated rings. The Morgan fingerprint density at radius 3 is 2.55 bits per heavy atom. The van der Waals surface area contributed by atoms with E-state index in [0.717, 1.165) is 6.42 Å². The quantitative estimate of drug-likeness (QED) is 0.631. The van der Waals surface area contributed by atoms with Crippen molar-refractivity contribution < 1.29 is 19.4 Å². The van der Waals surface area contributed by atoms with Crippen LogP contribution in [0.3, 0.4) is 0 Å². The van der Waals surface area contributed by atoms with Crippen molar-refractivity contribution in [1.29, 1.82) is 0 Å². The van der Waals surface area contributed by atoms with Gasteiger partial charge in [0.25, 0.3) is 0 Å². The Morgan fingerprint density at radius 2 is 2.00 bits per heavy atom. The third-order valence-corrected chi connectivity index (χ3v) is 4.25. The Labute approximate surface area is 119 Å². The van der Waals surface area contributed by atoms with Crippen molar-refractivity contribution in [2.75, 3.05) is 26.4 Å². The fourth-order valence-corrected chi connectivity index (χ4v) is 2.56. The number of nitrogens with one attached hydrogen (secondary N) is 2. The van der Waals surface area contributed by atoms with E-state index < -0.39 is 5.54 Å². The van der Waals surface area contributed by atoms with Crippen LogP contribution in [0, 0.1) is 11.8 Å². The molecule has 1 saturated heterocycles. The van der Waals surface area contributed by atoms with Gasteiger partial charge in [-0.05, 0) is 25.2 Å². The molecule has 0 bridgehead atoms. The minimum Gasteiger partial charge on any atom is -0.394 e. The minimum absolute atomic E-state index is 0.0493. The fourth-order valence-electron chi connectivity index (χ4n) is 2.56. The maximum absolute atomic E-state index is 11.9. The van der Waals surface area contributed by atoms with Crippen molar-refractivity contribution in [3.05, 3.63) is 0 Å². The number of aliphatic hydroxyl groups excluding tert-OH is 1. The van der Waals surface area contributed by atoms with Gasteiger partial charge < -0.3 is 20.5 Å². The molecule has 1 saturated carbocycles. The average Bonchev–Trinajstić information content (AvgIpc) is 3.17. The molecule has 6 nitrogen and oxygen atoms in total. The lowest BCUT2D eigenvalue weighted by atomic mass is 9.91. The predicted octanol–water partition coefficient (Wildman–Crippen LogP) is -0.194. The first-order chi connectivity index (χ1) is 9.56. The van der Waals surface area contributed by atoms with Gasteiger partial charge in [-0.1, -0.05) is 6.92 Å². The van der Waals surface area contributed by atoms with Gasteiger partial charge in [0.2, 0.25) is 11.8 Å². The molecule has 0 aromatic heterocycles. The molecule has 0 radical (unpaired) electrons. The summed E-state index contributed by atoms with van der Waals surface area (Å²) in [6.07, 6.45) is 2.45. The first kappa shape index (κ1) is 15.3. The lowest BCUT2D eigenvalue weighted by molar-refractivity contribution is -0.125. The SMILES string of the molecule is CC1CC1C(=O)NCCC(=O)NC1(CO)CCOCC1. The van der Waals surface area contributed by atoms with Crippen molar-refractivity contribution in [3.63, 3.8) is 0 Å². The van der Waals surface area contributed by atoms with Crippen molar-refractivity contribution in [1.82, 2.24) is 10.6 Å². The largest absolute Gasteiger partial charge is 0.394 e. The van der Waals surface area contributed by atoms with E-state index in [1.807, 2.05) is 6.92 Å². The van der Waals surface area contributed by atoms with E-state index in [9.17, 15) is 14.7 Å². The van der Waals surface area contributed by atoms with E-state index in [1.165, 1.54) is 0 Å². The first-order valence-corrected chi connectivity index (χ1v) is 7.34. The van der Waals surface area contributed by atoms with Crippen LogP contribution in [0.5, 0.6) is 0 Å². The lowest BCUT2D eigenvalue weighted by Crippen LogP contribution is -2.55. The number of carbonyl (C=O) groups is 2. The Hall–Kier alpha value is -1.14. The highest BCUT2D eigenvalue weighted by Gasteiger charge is 2.39. The van der Waals surface area contributed by atoms with Crippen LogP contribution in [0.2, 0.25) is 0 Å². The van der Waals surface area contributed by atoms with E-state index in [1.54, 1.807) is 0 Å². The molecule has 3 N–H and O–H groups in total. The zero-order valence-corrected chi connectivity index (χ0v) is 12.0. The van der Waals surface area contributed by atoms with E-state index in [0.29, 0.717) is 38.5 Å². The number of hydrogen-bond acceptors (Lipinski definition) is 4. The molecule has 2 rings (SSSR count). The number of hydrogen-bond donors (Lipinski definition) is 3. The zero-order chi connectivity index (χ0) is 14.6. The van der Waals surface area contributed by atoms with Gasteiger partial charge in [-0.3, -0.25) is 9.59 Å². The van der Waals surface area contributed by atoms with Gasteiger partial charge in [-0.25, -0.2) is 0 Å². The number of rotatable bonds is 6. The molecule has 2 atom stereocenters. The molecular formula is C14H24N2O4. The standard InChI is InChI=1S/C14H24N2O4/c1-10-8-11(10)13(19)15-5-2-12(18)16-14(9-17)3-6-20-7-4-14/h10-11,17H,2-9H2,1H3,(H,15,19)(H,16,18). The Balaban J connectivity index is 1.67. The van der Waals surface area contributed by atoms with E-state index in [-0.39, 0.29) is 30.8 Å². The summed E-state index contributed by atoms with van der Waals surface area (Å²) in [6, 6.07) is 0. The van der Waals surface area contributed by atoms with Crippen LogP contribution in [-0.2, 0) is 14.3 Å². The van der Waals surface area contributed by atoms with Crippen LogP contribution in [0.4, 0.5) is 0 Å². The second kappa shape index (κ2) is 6.54. The van der Waals surface area contributed by atoms with E-state index >= 15 is 0 Å². The smallest absolute Gasteiger partial charge is 0.223 e. The average molecular weight is 284 g/mol. The molecule has 0 aromatic rings. The van der Waals surface area contributed by atoms with Crippen LogP contribution in [0.15, 0.2) is 0 Å². The highest BCUT2D eigenvalue weighted by atomic mass is 16.5.